The molecule has 0 bridgehead atoms. The van der Waals surface area contributed by atoms with Gasteiger partial charge >= 0.3 is 59.1 Å². The summed E-state index contributed by atoms with van der Waals surface area (Å²) in [7, 11) is 0. The van der Waals surface area contributed by atoms with Gasteiger partial charge in [0.05, 0.1) is 11.9 Å². The number of carboxylic acid groups (broad SMARTS) is 2. The zero-order valence-corrected chi connectivity index (χ0v) is 14.7. The summed E-state index contributed by atoms with van der Waals surface area (Å²) in [6, 6.07) is 0. The molecule has 84 valence electrons. The number of hydrogen-bond acceptors (Lipinski definition) is 4. The average Bonchev–Trinajstić information content (AvgIpc) is 2.64. The molecule has 6 heteroatoms. The van der Waals surface area contributed by atoms with E-state index in [1.165, 1.54) is 0 Å². The minimum atomic E-state index is -1.39. The molecule has 17 heavy (non-hydrogen) atoms. The van der Waals surface area contributed by atoms with Crippen LogP contribution in [0.25, 0.3) is 0 Å². The molecule has 1 fully saturated rings. The molecule has 0 heterocycles. The Balaban J connectivity index is 0. The van der Waals surface area contributed by atoms with Gasteiger partial charge < -0.3 is 19.8 Å². The first-order valence-electron chi connectivity index (χ1n) is 5.23. The van der Waals surface area contributed by atoms with E-state index in [2.05, 4.69) is 0 Å². The molecule has 0 aromatic carbocycles. The minimum Gasteiger partial charge on any atom is -0.545 e. The summed E-state index contributed by atoms with van der Waals surface area (Å²) < 4.78 is 0. The zero-order valence-electron chi connectivity index (χ0n) is 10.7. The first-order valence-corrected chi connectivity index (χ1v) is 5.23. The van der Waals surface area contributed by atoms with Gasteiger partial charge in [-0.2, -0.15) is 0 Å². The quantitative estimate of drug-likeness (QED) is 0.370. The Morgan fingerprint density at radius 2 is 1.53 bits per heavy atom. The van der Waals surface area contributed by atoms with Gasteiger partial charge in [0.2, 0.25) is 0 Å². The molecule has 1 saturated carbocycles. The van der Waals surface area contributed by atoms with Crippen LogP contribution in [0.3, 0.4) is 0 Å². The first-order chi connectivity index (χ1) is 7.07. The average molecular weight is 256 g/mol. The van der Waals surface area contributed by atoms with Crippen molar-refractivity contribution in [2.45, 2.75) is 39.0 Å². The van der Waals surface area contributed by atoms with Gasteiger partial charge in [-0.25, -0.2) is 0 Å². The van der Waals surface area contributed by atoms with Crippen molar-refractivity contribution in [2.75, 3.05) is 0 Å². The van der Waals surface area contributed by atoms with E-state index < -0.39 is 11.9 Å². The van der Waals surface area contributed by atoms with Gasteiger partial charge in [-0.3, -0.25) is 0 Å². The number of aliphatic carboxylic acids is 2. The Hall–Kier alpha value is 0.680. The van der Waals surface area contributed by atoms with E-state index in [1.807, 2.05) is 0 Å². The fraction of sp³-hybridized carbons (Fsp3) is 0.636. The van der Waals surface area contributed by atoms with Crippen LogP contribution in [0.2, 0.25) is 0 Å². The smallest absolute Gasteiger partial charge is 0.545 e. The van der Waals surface area contributed by atoms with E-state index >= 15 is 0 Å². The van der Waals surface area contributed by atoms with Crippen molar-refractivity contribution < 1.29 is 78.9 Å². The predicted molar refractivity (Wildman–Crippen MR) is 49.3 cm³/mol. The maximum atomic E-state index is 10.9. The monoisotopic (exact) mass is 256 g/mol. The Morgan fingerprint density at radius 1 is 1.06 bits per heavy atom. The maximum Gasteiger partial charge on any atom is 1.00 e. The molecule has 0 amide bonds. The topological polar surface area (TPSA) is 80.3 Å². The van der Waals surface area contributed by atoms with Gasteiger partial charge in [0.25, 0.3) is 0 Å². The van der Waals surface area contributed by atoms with E-state index in [4.69, 9.17) is 0 Å². The third-order valence-electron chi connectivity index (χ3n) is 2.91. The second kappa shape index (κ2) is 9.59. The standard InChI is InChI=1S/C11H16O4.2Na/c1-2-8(10(12)13)9(11(14)15)7-5-3-4-6-7;;/h7H,2-6H2,1H3,(H,12,13)(H,14,15);;/q;2*+1/p-2. The van der Waals surface area contributed by atoms with E-state index in [-0.39, 0.29) is 82.6 Å². The van der Waals surface area contributed by atoms with Crippen molar-refractivity contribution in [2.24, 2.45) is 5.92 Å². The van der Waals surface area contributed by atoms with Crippen molar-refractivity contribution in [3.8, 4) is 0 Å². The van der Waals surface area contributed by atoms with Crippen LogP contribution in [0, 0.1) is 5.92 Å². The van der Waals surface area contributed by atoms with Crippen molar-refractivity contribution in [1.82, 2.24) is 0 Å². The molecule has 0 saturated heterocycles. The largest absolute Gasteiger partial charge is 1.00 e. The summed E-state index contributed by atoms with van der Waals surface area (Å²) in [5, 5.41) is 21.7. The molecule has 0 spiro atoms. The molecule has 4 nitrogen and oxygen atoms in total. The minimum absolute atomic E-state index is 0. The van der Waals surface area contributed by atoms with Gasteiger partial charge in [0.15, 0.2) is 0 Å². The van der Waals surface area contributed by atoms with Gasteiger partial charge in [-0.1, -0.05) is 19.8 Å². The fourth-order valence-corrected chi connectivity index (χ4v) is 2.20. The Morgan fingerprint density at radius 3 is 1.82 bits per heavy atom. The zero-order chi connectivity index (χ0) is 11.4. The van der Waals surface area contributed by atoms with Crippen LogP contribution in [0.5, 0.6) is 0 Å². The SMILES string of the molecule is CCC(C(=O)[O-])=C(C(=O)[O-])C1CCCC1.[Na+].[Na+]. The summed E-state index contributed by atoms with van der Waals surface area (Å²) in [4.78, 5) is 21.7. The summed E-state index contributed by atoms with van der Waals surface area (Å²) in [5.74, 6) is -2.91. The fourth-order valence-electron chi connectivity index (χ4n) is 2.20. The Bertz CT molecular complexity index is 307. The molecule has 0 unspecified atom stereocenters. The number of rotatable bonds is 4. The van der Waals surface area contributed by atoms with Crippen LogP contribution in [-0.2, 0) is 9.59 Å². The summed E-state index contributed by atoms with van der Waals surface area (Å²) in [6.45, 7) is 1.61. The van der Waals surface area contributed by atoms with Crippen molar-refractivity contribution in [3.05, 3.63) is 11.1 Å². The summed E-state index contributed by atoms with van der Waals surface area (Å²) >= 11 is 0. The van der Waals surface area contributed by atoms with E-state index in [1.54, 1.807) is 6.92 Å². The molecular weight excluding hydrogens is 242 g/mol. The van der Waals surface area contributed by atoms with Crippen LogP contribution in [0.15, 0.2) is 11.1 Å². The van der Waals surface area contributed by atoms with Crippen molar-refractivity contribution in [3.63, 3.8) is 0 Å². The first kappa shape index (κ1) is 20.0. The third kappa shape index (κ3) is 5.45. The number of carbonyl (C=O) groups is 2. The van der Waals surface area contributed by atoms with Gasteiger partial charge in [0, 0.05) is 0 Å². The second-order valence-electron chi connectivity index (χ2n) is 3.80. The Kier molecular flexibility index (Phi) is 11.3. The van der Waals surface area contributed by atoms with Crippen molar-refractivity contribution >= 4 is 11.9 Å². The molecule has 0 N–H and O–H groups in total. The molecule has 0 aromatic rings. The van der Waals surface area contributed by atoms with Crippen LogP contribution in [0.1, 0.15) is 39.0 Å². The number of hydrogen-bond donors (Lipinski definition) is 0. The Labute approximate surface area is 145 Å². The molecule has 1 rings (SSSR count). The van der Waals surface area contributed by atoms with Crippen LogP contribution >= 0.6 is 0 Å². The molecule has 1 aliphatic rings. The predicted octanol–water partition coefficient (Wildman–Crippen LogP) is -6.61. The van der Waals surface area contributed by atoms with Gasteiger partial charge in [0.1, 0.15) is 0 Å². The van der Waals surface area contributed by atoms with Crippen LogP contribution < -0.4 is 69.3 Å². The van der Waals surface area contributed by atoms with E-state index in [0.29, 0.717) is 0 Å². The number of carboxylic acids is 2. The maximum absolute atomic E-state index is 10.9. The van der Waals surface area contributed by atoms with E-state index in [0.717, 1.165) is 25.7 Å². The molecular formula is C11H14Na2O4. The summed E-state index contributed by atoms with van der Waals surface area (Å²) in [6.07, 6.45) is 3.54. The van der Waals surface area contributed by atoms with Gasteiger partial charge in [-0.05, 0) is 36.3 Å². The molecule has 0 aromatic heterocycles. The molecule has 0 aliphatic heterocycles. The van der Waals surface area contributed by atoms with Gasteiger partial charge in [-0.15, -0.1) is 0 Å². The van der Waals surface area contributed by atoms with Crippen LogP contribution in [-0.4, -0.2) is 11.9 Å². The molecule has 0 atom stereocenters. The van der Waals surface area contributed by atoms with E-state index in [9.17, 15) is 19.8 Å². The summed E-state index contributed by atoms with van der Waals surface area (Å²) in [5.41, 5.74) is -0.156. The normalized spacial score (nSPS) is 16.5. The second-order valence-corrected chi connectivity index (χ2v) is 3.80. The van der Waals surface area contributed by atoms with Crippen LogP contribution in [0.4, 0.5) is 0 Å². The molecule has 0 radical (unpaired) electrons. The third-order valence-corrected chi connectivity index (χ3v) is 2.91. The molecule has 1 aliphatic carbocycles. The number of carbonyl (C=O) groups excluding carboxylic acids is 2. The van der Waals surface area contributed by atoms with Crippen molar-refractivity contribution in [1.29, 1.82) is 0 Å².